The Morgan fingerprint density at radius 2 is 2.00 bits per heavy atom. The van der Waals surface area contributed by atoms with E-state index in [1.54, 1.807) is 17.0 Å². The van der Waals surface area contributed by atoms with Crippen LogP contribution in [0.5, 0.6) is 11.6 Å². The second kappa shape index (κ2) is 6.84. The number of aromatic nitrogens is 2. The highest BCUT2D eigenvalue weighted by Gasteiger charge is 2.16. The minimum absolute atomic E-state index is 0.194. The lowest BCUT2D eigenvalue weighted by Gasteiger charge is -2.17. The number of H-pyrrole nitrogens is 1. The van der Waals surface area contributed by atoms with E-state index in [-0.39, 0.29) is 15.9 Å². The van der Waals surface area contributed by atoms with Gasteiger partial charge in [0, 0.05) is 13.6 Å². The molecule has 23 heavy (non-hydrogen) atoms. The maximum absolute atomic E-state index is 12.0. The Kier molecular flexibility index (Phi) is 5.06. The second-order valence-corrected chi connectivity index (χ2v) is 5.97. The van der Waals surface area contributed by atoms with Crippen LogP contribution in [0.25, 0.3) is 0 Å². The molecule has 1 N–H and O–H groups in total. The van der Waals surface area contributed by atoms with Crippen molar-refractivity contribution in [2.45, 2.75) is 20.8 Å². The summed E-state index contributed by atoms with van der Waals surface area (Å²) >= 11 is 3.22. The minimum atomic E-state index is -0.311. The zero-order chi connectivity index (χ0) is 17.1. The molecule has 0 bridgehead atoms. The lowest BCUT2D eigenvalue weighted by Crippen LogP contribution is -2.23. The van der Waals surface area contributed by atoms with E-state index in [0.717, 1.165) is 11.1 Å². The van der Waals surface area contributed by atoms with Crippen molar-refractivity contribution >= 4 is 21.9 Å². The standard InChI is InChI=1S/C16H17BrN4O2/c1-5-21(4)16-19-14(22)12(17)15(20-16)23-13-9(2)6-11(8-18)7-10(13)3/h6-7H,5H2,1-4H3,(H,19,20,22). The van der Waals surface area contributed by atoms with Crippen LogP contribution in [0, 0.1) is 25.2 Å². The zero-order valence-corrected chi connectivity index (χ0v) is 15.0. The van der Waals surface area contributed by atoms with Gasteiger partial charge in [0.15, 0.2) is 0 Å². The molecule has 7 heteroatoms. The van der Waals surface area contributed by atoms with Gasteiger partial charge in [-0.3, -0.25) is 9.78 Å². The number of aromatic amines is 1. The third kappa shape index (κ3) is 3.54. The molecule has 0 radical (unpaired) electrons. The molecule has 0 aliphatic rings. The highest BCUT2D eigenvalue weighted by molar-refractivity contribution is 9.10. The largest absolute Gasteiger partial charge is 0.437 e. The minimum Gasteiger partial charge on any atom is -0.437 e. The molecule has 1 aromatic carbocycles. The number of hydrogen-bond acceptors (Lipinski definition) is 5. The van der Waals surface area contributed by atoms with E-state index in [1.165, 1.54) is 0 Å². The highest BCUT2D eigenvalue weighted by Crippen LogP contribution is 2.32. The van der Waals surface area contributed by atoms with Crippen LogP contribution < -0.4 is 15.2 Å². The van der Waals surface area contributed by atoms with Crippen LogP contribution in [0.2, 0.25) is 0 Å². The van der Waals surface area contributed by atoms with Gasteiger partial charge in [0.05, 0.1) is 11.6 Å². The maximum Gasteiger partial charge on any atom is 0.270 e. The summed E-state index contributed by atoms with van der Waals surface area (Å²) in [5.74, 6) is 1.22. The van der Waals surface area contributed by atoms with E-state index in [0.29, 0.717) is 23.8 Å². The molecular weight excluding hydrogens is 360 g/mol. The average molecular weight is 377 g/mol. The number of rotatable bonds is 4. The third-order valence-electron chi connectivity index (χ3n) is 3.44. The summed E-state index contributed by atoms with van der Waals surface area (Å²) < 4.78 is 6.10. The van der Waals surface area contributed by atoms with Gasteiger partial charge in [-0.1, -0.05) is 0 Å². The first kappa shape index (κ1) is 17.0. The van der Waals surface area contributed by atoms with Crippen molar-refractivity contribution < 1.29 is 4.74 Å². The van der Waals surface area contributed by atoms with Gasteiger partial charge in [-0.25, -0.2) is 0 Å². The van der Waals surface area contributed by atoms with Crippen LogP contribution in [0.3, 0.4) is 0 Å². The van der Waals surface area contributed by atoms with Gasteiger partial charge < -0.3 is 9.64 Å². The summed E-state index contributed by atoms with van der Waals surface area (Å²) in [4.78, 5) is 20.9. The molecule has 0 aliphatic heterocycles. The molecule has 1 aromatic heterocycles. The molecule has 2 rings (SSSR count). The normalized spacial score (nSPS) is 10.3. The van der Waals surface area contributed by atoms with Crippen molar-refractivity contribution in [3.8, 4) is 17.7 Å². The Bertz CT molecular complexity index is 816. The molecule has 0 atom stereocenters. The summed E-state index contributed by atoms with van der Waals surface area (Å²) in [5.41, 5.74) is 1.87. The molecule has 1 heterocycles. The Morgan fingerprint density at radius 1 is 1.39 bits per heavy atom. The van der Waals surface area contributed by atoms with Gasteiger partial charge >= 0.3 is 0 Å². The molecule has 0 saturated heterocycles. The quantitative estimate of drug-likeness (QED) is 0.885. The van der Waals surface area contributed by atoms with Gasteiger partial charge in [0.1, 0.15) is 10.2 Å². The fraction of sp³-hybridized carbons (Fsp3) is 0.312. The maximum atomic E-state index is 12.0. The van der Waals surface area contributed by atoms with Crippen LogP contribution in [-0.4, -0.2) is 23.6 Å². The molecule has 6 nitrogen and oxygen atoms in total. The van der Waals surface area contributed by atoms with Crippen LogP contribution in [0.1, 0.15) is 23.6 Å². The smallest absolute Gasteiger partial charge is 0.270 e. The first-order valence-electron chi connectivity index (χ1n) is 7.07. The van der Waals surface area contributed by atoms with E-state index in [9.17, 15) is 4.79 Å². The monoisotopic (exact) mass is 376 g/mol. The van der Waals surface area contributed by atoms with Gasteiger partial charge in [-0.2, -0.15) is 10.2 Å². The number of halogens is 1. The topological polar surface area (TPSA) is 82.0 Å². The van der Waals surface area contributed by atoms with Crippen LogP contribution >= 0.6 is 15.9 Å². The Morgan fingerprint density at radius 3 is 2.52 bits per heavy atom. The van der Waals surface area contributed by atoms with E-state index in [4.69, 9.17) is 10.00 Å². The third-order valence-corrected chi connectivity index (χ3v) is 4.14. The number of nitrogens with zero attached hydrogens (tertiary/aromatic N) is 3. The van der Waals surface area contributed by atoms with Crippen molar-refractivity contribution in [3.63, 3.8) is 0 Å². The predicted octanol–water partition coefficient (Wildman–Crippen LogP) is 3.27. The summed E-state index contributed by atoms with van der Waals surface area (Å²) in [6.45, 7) is 6.35. The highest BCUT2D eigenvalue weighted by atomic mass is 79.9. The summed E-state index contributed by atoms with van der Waals surface area (Å²) in [5, 5.41) is 9.01. The number of nitrogens with one attached hydrogen (secondary N) is 1. The number of anilines is 1. The number of aryl methyl sites for hydroxylation is 2. The Balaban J connectivity index is 2.51. The molecule has 0 unspecified atom stereocenters. The molecule has 0 aliphatic carbocycles. The van der Waals surface area contributed by atoms with E-state index < -0.39 is 0 Å². The van der Waals surface area contributed by atoms with Crippen LogP contribution in [0.4, 0.5) is 5.95 Å². The second-order valence-electron chi connectivity index (χ2n) is 5.18. The molecule has 0 spiro atoms. The van der Waals surface area contributed by atoms with E-state index >= 15 is 0 Å². The Hall–Kier alpha value is -2.33. The lowest BCUT2D eigenvalue weighted by atomic mass is 10.1. The zero-order valence-electron chi connectivity index (χ0n) is 13.4. The molecular formula is C16H17BrN4O2. The first-order valence-corrected chi connectivity index (χ1v) is 7.86. The summed E-state index contributed by atoms with van der Waals surface area (Å²) in [6, 6.07) is 5.59. The molecule has 0 amide bonds. The number of hydrogen-bond donors (Lipinski definition) is 1. The van der Waals surface area contributed by atoms with Crippen molar-refractivity contribution in [2.75, 3.05) is 18.5 Å². The molecule has 0 saturated carbocycles. The molecule has 2 aromatic rings. The SMILES string of the molecule is CCN(C)c1nc(Oc2c(C)cc(C#N)cc2C)c(Br)c(=O)[nH]1. The summed E-state index contributed by atoms with van der Waals surface area (Å²) in [6.07, 6.45) is 0. The van der Waals surface area contributed by atoms with Gasteiger partial charge in [-0.15, -0.1) is 0 Å². The lowest BCUT2D eigenvalue weighted by molar-refractivity contribution is 0.450. The van der Waals surface area contributed by atoms with E-state index in [2.05, 4.69) is 32.0 Å². The molecule has 120 valence electrons. The van der Waals surface area contributed by atoms with E-state index in [1.807, 2.05) is 27.8 Å². The Labute approximate surface area is 142 Å². The number of ether oxygens (including phenoxy) is 1. The summed E-state index contributed by atoms with van der Waals surface area (Å²) in [7, 11) is 1.83. The van der Waals surface area contributed by atoms with Gasteiger partial charge in [0.25, 0.3) is 5.56 Å². The fourth-order valence-corrected chi connectivity index (χ4v) is 2.37. The average Bonchev–Trinajstić information content (AvgIpc) is 2.53. The van der Waals surface area contributed by atoms with Crippen LogP contribution in [-0.2, 0) is 0 Å². The van der Waals surface area contributed by atoms with Crippen molar-refractivity contribution in [1.82, 2.24) is 9.97 Å². The van der Waals surface area contributed by atoms with Crippen molar-refractivity contribution in [3.05, 3.63) is 43.6 Å². The van der Waals surface area contributed by atoms with Gasteiger partial charge in [-0.05, 0) is 60.0 Å². The van der Waals surface area contributed by atoms with Crippen LogP contribution in [0.15, 0.2) is 21.4 Å². The molecule has 0 fully saturated rings. The van der Waals surface area contributed by atoms with Crippen molar-refractivity contribution in [2.24, 2.45) is 0 Å². The number of nitriles is 1. The fourth-order valence-electron chi connectivity index (χ4n) is 2.10. The number of benzene rings is 1. The van der Waals surface area contributed by atoms with Gasteiger partial charge in [0.2, 0.25) is 11.8 Å². The first-order chi connectivity index (χ1) is 10.9. The van der Waals surface area contributed by atoms with Crippen molar-refractivity contribution in [1.29, 1.82) is 5.26 Å². The predicted molar refractivity (Wildman–Crippen MR) is 92.2 cm³/mol.